The average Bonchev–Trinajstić information content (AvgIpc) is 1.78. The molecular weight excluding hydrogens is 1350 g/mol. The van der Waals surface area contributed by atoms with Crippen molar-refractivity contribution in [2.24, 2.45) is 53.1 Å². The standard InChI is InChI=1S/C75H124N14O16.12H2/c1-20-44(16)59(71(100)88-62-47(19)105-75(104)58(43(14)15)84-63(92)49(22-3)77-65(94)51(37-48-30-24-23-25-31-48)79-67(96)55(40(8)9)81-70(99)60(45(17)21-2)86-73(62)102)85-64(93)50(32-27-35-76)78-66(95)52-33-28-36-89(52)74(103)57(42(12)13)83-69(98)56(41(10)11)82-72(101)61(46(18)90)87-68(97)54(39(6)7)80-53(91)34-26-29-38(4)5;;;;;;;;;;;;/h22-25,30-31,38-47,50-52,54-62,90H,20-21,26-29,32-37,76H2,1-19H3,(H,77,94)(H,78,95)(H,79,96)(H,80,91)(H,81,99)(H,82,101)(H,83,98)(H,84,92)(H,85,93)(H,86,102)(H,87,97)(H,88,100);12*1H/b49-22-;;;;;;;;;;;;/t44?,45?,46?,47?,50-,51-,52+,54+,55+,56+,57-,58-,59+,60+,61-,62?;;;;;;;;;;;;/m0............/s1. The summed E-state index contributed by atoms with van der Waals surface area (Å²) >= 11 is 0. The van der Waals surface area contributed by atoms with Gasteiger partial charge in [-0.2, -0.15) is 0 Å². The number of hydrogen-bond acceptors (Lipinski definition) is 17. The predicted molar refractivity (Wildman–Crippen MR) is 421 cm³/mol. The Bertz CT molecular complexity index is 3220. The van der Waals surface area contributed by atoms with Crippen molar-refractivity contribution in [3.05, 3.63) is 47.7 Å². The Labute approximate surface area is 638 Å². The minimum atomic E-state index is -1.83. The molecule has 1 aromatic rings. The number of nitrogens with one attached hydrogen (secondary N) is 12. The highest BCUT2D eigenvalue weighted by atomic mass is 16.5. The molecule has 15 N–H and O–H groups in total. The number of benzene rings is 1. The highest BCUT2D eigenvalue weighted by Gasteiger charge is 2.44. The van der Waals surface area contributed by atoms with Crippen LogP contribution in [0.5, 0.6) is 0 Å². The highest BCUT2D eigenvalue weighted by molar-refractivity contribution is 6.03. The first kappa shape index (κ1) is 90.7. The van der Waals surface area contributed by atoms with E-state index in [1.807, 2.05) is 13.8 Å². The third-order valence-electron chi connectivity index (χ3n) is 19.3. The van der Waals surface area contributed by atoms with Gasteiger partial charge in [-0.1, -0.05) is 166 Å². The van der Waals surface area contributed by atoms with Crippen LogP contribution in [0.15, 0.2) is 42.1 Å². The van der Waals surface area contributed by atoms with Crippen molar-refractivity contribution in [1.82, 2.24) is 68.7 Å². The number of carbonyl (C=O) groups excluding carboxylic acids is 14. The van der Waals surface area contributed by atoms with Gasteiger partial charge in [0.25, 0.3) is 5.91 Å². The second-order valence-corrected chi connectivity index (χ2v) is 30.2. The Morgan fingerprint density at radius 1 is 0.619 bits per heavy atom. The van der Waals surface area contributed by atoms with Crippen molar-refractivity contribution >= 4 is 82.8 Å². The summed E-state index contributed by atoms with van der Waals surface area (Å²) in [6.45, 7) is 31.8. The summed E-state index contributed by atoms with van der Waals surface area (Å²) in [5.74, 6) is -15.1. The molecule has 0 aliphatic carbocycles. The Morgan fingerprint density at radius 3 is 1.70 bits per heavy atom. The summed E-state index contributed by atoms with van der Waals surface area (Å²) in [5, 5.41) is 43.2. The second-order valence-electron chi connectivity index (χ2n) is 30.2. The fourth-order valence-electron chi connectivity index (χ4n) is 12.1. The fourth-order valence-corrected chi connectivity index (χ4v) is 12.1. The third kappa shape index (κ3) is 27.7. The third-order valence-corrected chi connectivity index (χ3v) is 19.3. The van der Waals surface area contributed by atoms with E-state index >= 15 is 9.59 Å². The summed E-state index contributed by atoms with van der Waals surface area (Å²) < 4.78 is 5.96. The van der Waals surface area contributed by atoms with E-state index in [1.165, 1.54) is 31.7 Å². The van der Waals surface area contributed by atoms with Crippen molar-refractivity contribution in [3.63, 3.8) is 0 Å². The van der Waals surface area contributed by atoms with Crippen LogP contribution >= 0.6 is 0 Å². The minimum absolute atomic E-state index is 0. The molecule has 0 radical (unpaired) electrons. The van der Waals surface area contributed by atoms with Crippen LogP contribution in [0.25, 0.3) is 0 Å². The summed E-state index contributed by atoms with van der Waals surface area (Å²) in [6.07, 6.45) is 1.02. The number of aliphatic hydroxyl groups excluding tert-OH is 1. The lowest BCUT2D eigenvalue weighted by atomic mass is 9.95. The zero-order valence-electron chi connectivity index (χ0n) is 65.2. The normalized spacial score (nSPS) is 22.6. The first-order valence-corrected chi connectivity index (χ1v) is 37.5. The molecule has 614 valence electrons. The largest absolute Gasteiger partial charge is 0.458 e. The number of esters is 1. The number of nitrogens with two attached hydrogens (primary N) is 1. The molecule has 0 bridgehead atoms. The summed E-state index contributed by atoms with van der Waals surface area (Å²) in [6, 6.07) is -7.67. The van der Waals surface area contributed by atoms with Gasteiger partial charge in [0.1, 0.15) is 84.3 Å². The monoisotopic (exact) mass is 1500 g/mol. The lowest BCUT2D eigenvalue weighted by Gasteiger charge is -2.33. The smallest absolute Gasteiger partial charge is 0.329 e. The van der Waals surface area contributed by atoms with Gasteiger partial charge in [0.2, 0.25) is 70.9 Å². The number of carbonyl (C=O) groups is 14. The predicted octanol–water partition coefficient (Wildman–Crippen LogP) is 4.79. The molecule has 1 aromatic carbocycles. The molecule has 13 amide bonds. The Hall–Kier alpha value is -8.54. The number of hydrogen-bond donors (Lipinski definition) is 14. The molecule has 16 atom stereocenters. The van der Waals surface area contributed by atoms with Crippen LogP contribution in [-0.4, -0.2) is 191 Å². The van der Waals surface area contributed by atoms with Crippen LogP contribution in [-0.2, 0) is 78.3 Å². The van der Waals surface area contributed by atoms with Gasteiger partial charge in [-0.3, -0.25) is 62.3 Å². The fraction of sp³-hybridized carbons (Fsp3) is 0.707. The van der Waals surface area contributed by atoms with Gasteiger partial charge in [-0.25, -0.2) is 4.79 Å². The summed E-state index contributed by atoms with van der Waals surface area (Å²) in [5.41, 5.74) is 6.34. The molecular formula is C75H148N14O16. The second kappa shape index (κ2) is 43.8. The molecule has 0 spiro atoms. The van der Waals surface area contributed by atoms with E-state index in [2.05, 4.69) is 63.8 Å². The molecule has 5 unspecified atom stereocenters. The van der Waals surface area contributed by atoms with Gasteiger partial charge in [0.15, 0.2) is 0 Å². The van der Waals surface area contributed by atoms with Gasteiger partial charge in [0.05, 0.1) is 6.10 Å². The Morgan fingerprint density at radius 2 is 1.16 bits per heavy atom. The van der Waals surface area contributed by atoms with Gasteiger partial charge in [0, 0.05) is 36.5 Å². The first-order valence-electron chi connectivity index (χ1n) is 37.5. The van der Waals surface area contributed by atoms with E-state index in [-0.39, 0.29) is 80.3 Å². The molecule has 0 aromatic heterocycles. The van der Waals surface area contributed by atoms with Crippen molar-refractivity contribution in [2.45, 2.75) is 280 Å². The van der Waals surface area contributed by atoms with Gasteiger partial charge < -0.3 is 84.3 Å². The highest BCUT2D eigenvalue weighted by Crippen LogP contribution is 2.23. The van der Waals surface area contributed by atoms with E-state index in [4.69, 9.17) is 10.5 Å². The quantitative estimate of drug-likeness (QED) is 0.0332. The van der Waals surface area contributed by atoms with E-state index in [9.17, 15) is 62.6 Å². The number of amides is 13. The number of aliphatic hydroxyl groups is 1. The van der Waals surface area contributed by atoms with E-state index in [0.717, 1.165) is 6.42 Å². The SMILES string of the molecule is C/C=C1\NC(=O)[C@H](Cc2ccccc2)NC(=O)[C@@H](C(C)C)NC(=O)[C@@H](C(C)CC)NC(=O)C(NC(=O)[C@H](NC(=O)[C@H](CCCN)NC(=O)[C@H]2CCCN2C(=O)[C@@H](NC(=O)[C@H](NC(=O)[C@@H](NC(=O)[C@H](NC(=O)CCCC(C)C)C(C)C)C(C)O)C(C)C)C(C)C)C(C)CC)C(C)OC(=O)[C@H](C(C)C)NC1=O.[HH].[HH].[HH].[HH].[HH].[HH].[HH].[HH].[HH].[HH].[HH].[HH]. The summed E-state index contributed by atoms with van der Waals surface area (Å²) in [4.78, 5) is 202. The first-order chi connectivity index (χ1) is 49.2. The Kier molecular flexibility index (Phi) is 37.8. The molecule has 2 saturated heterocycles. The van der Waals surface area contributed by atoms with Gasteiger partial charge >= 0.3 is 5.97 Å². The van der Waals surface area contributed by atoms with Crippen LogP contribution in [0.4, 0.5) is 0 Å². The maximum atomic E-state index is 15.0. The van der Waals surface area contributed by atoms with Crippen molar-refractivity contribution in [3.8, 4) is 0 Å². The van der Waals surface area contributed by atoms with Crippen LogP contribution in [0.1, 0.15) is 212 Å². The van der Waals surface area contributed by atoms with E-state index in [1.54, 1.807) is 127 Å². The number of cyclic esters (lactones) is 1. The lowest BCUT2D eigenvalue weighted by Crippen LogP contribution is -2.64. The number of ether oxygens (including phenoxy) is 1. The molecule has 0 saturated carbocycles. The minimum Gasteiger partial charge on any atom is -0.458 e. The molecule has 105 heavy (non-hydrogen) atoms. The molecule has 3 rings (SSSR count). The molecule has 2 fully saturated rings. The maximum Gasteiger partial charge on any atom is 0.329 e. The maximum absolute atomic E-state index is 15.0. The van der Waals surface area contributed by atoms with Gasteiger partial charge in [-0.15, -0.1) is 0 Å². The zero-order chi connectivity index (χ0) is 79.4. The topological polar surface area (TPSA) is 442 Å². The number of allylic oxidation sites excluding steroid dienone is 1. The molecule has 2 aliphatic rings. The van der Waals surface area contributed by atoms with Crippen LogP contribution in [0.3, 0.4) is 0 Å². The zero-order valence-corrected chi connectivity index (χ0v) is 65.2. The summed E-state index contributed by atoms with van der Waals surface area (Å²) in [7, 11) is 0. The van der Waals surface area contributed by atoms with Crippen molar-refractivity contribution in [2.75, 3.05) is 13.1 Å². The van der Waals surface area contributed by atoms with Crippen LogP contribution < -0.4 is 69.5 Å². The average molecular weight is 1500 g/mol. The van der Waals surface area contributed by atoms with Crippen LogP contribution in [0, 0.1) is 47.3 Å². The van der Waals surface area contributed by atoms with Crippen molar-refractivity contribution in [1.29, 1.82) is 0 Å². The van der Waals surface area contributed by atoms with Gasteiger partial charge in [-0.05, 0) is 112 Å². The number of rotatable bonds is 33. The molecule has 30 heteroatoms. The van der Waals surface area contributed by atoms with E-state index in [0.29, 0.717) is 30.7 Å². The van der Waals surface area contributed by atoms with Crippen LogP contribution in [0.2, 0.25) is 0 Å². The Balaban J connectivity index is -0.00000119. The van der Waals surface area contributed by atoms with E-state index < -0.39 is 203 Å². The van der Waals surface area contributed by atoms with Crippen molar-refractivity contribution < 1.29 is 94.1 Å². The molecule has 2 aliphatic heterocycles. The molecule has 30 nitrogen and oxygen atoms in total. The molecule has 2 heterocycles. The number of nitrogens with zero attached hydrogens (tertiary/aromatic N) is 1. The lowest BCUT2D eigenvalue weighted by molar-refractivity contribution is -0.157. The number of likely N-dealkylation sites (tertiary alicyclic amines) is 1.